The molecule has 2 atom stereocenters. The lowest BCUT2D eigenvalue weighted by molar-refractivity contribution is -0.147. The van der Waals surface area contributed by atoms with E-state index in [9.17, 15) is 9.59 Å². The lowest BCUT2D eigenvalue weighted by Gasteiger charge is -2.17. The van der Waals surface area contributed by atoms with E-state index in [1.165, 1.54) is 0 Å². The lowest BCUT2D eigenvalue weighted by atomic mass is 9.89. The second kappa shape index (κ2) is 7.63. The number of esters is 1. The fourth-order valence-corrected chi connectivity index (χ4v) is 3.03. The van der Waals surface area contributed by atoms with Gasteiger partial charge in [-0.1, -0.05) is 28.1 Å². The predicted octanol–water partition coefficient (Wildman–Crippen LogP) is 2.76. The van der Waals surface area contributed by atoms with E-state index in [2.05, 4.69) is 21.2 Å². The Morgan fingerprint density at radius 3 is 2.55 bits per heavy atom. The Kier molecular flexibility index (Phi) is 5.83. The first kappa shape index (κ1) is 16.8. The normalized spacial score (nSPS) is 20.8. The van der Waals surface area contributed by atoms with Crippen molar-refractivity contribution in [3.63, 3.8) is 0 Å². The van der Waals surface area contributed by atoms with E-state index in [1.807, 2.05) is 31.2 Å². The van der Waals surface area contributed by atoms with Gasteiger partial charge >= 0.3 is 12.0 Å². The molecule has 0 bridgehead atoms. The van der Waals surface area contributed by atoms with Crippen LogP contribution in [0, 0.1) is 5.92 Å². The SMILES string of the molecule is CCNC(=O)N1C[C@H](C(=O)OCC)[C@@H](c2ccc(Br)cc2)C1. The topological polar surface area (TPSA) is 58.6 Å². The fourth-order valence-electron chi connectivity index (χ4n) is 2.77. The van der Waals surface area contributed by atoms with Crippen molar-refractivity contribution in [2.75, 3.05) is 26.2 Å². The first-order valence-corrected chi connectivity index (χ1v) is 8.31. The van der Waals surface area contributed by atoms with Crippen LogP contribution in [0.1, 0.15) is 25.3 Å². The number of hydrogen-bond donors (Lipinski definition) is 1. The second-order valence-electron chi connectivity index (χ2n) is 5.26. The number of ether oxygens (including phenoxy) is 1. The number of likely N-dealkylation sites (tertiary alicyclic amines) is 1. The summed E-state index contributed by atoms with van der Waals surface area (Å²) in [6.07, 6.45) is 0. The Hall–Kier alpha value is -1.56. The van der Waals surface area contributed by atoms with Gasteiger partial charge in [-0.15, -0.1) is 0 Å². The van der Waals surface area contributed by atoms with Crippen LogP contribution in [-0.2, 0) is 9.53 Å². The summed E-state index contributed by atoms with van der Waals surface area (Å²) in [4.78, 5) is 26.0. The van der Waals surface area contributed by atoms with E-state index in [0.29, 0.717) is 26.2 Å². The molecule has 120 valence electrons. The molecule has 1 heterocycles. The maximum Gasteiger partial charge on any atom is 0.317 e. The summed E-state index contributed by atoms with van der Waals surface area (Å²) in [6, 6.07) is 7.75. The van der Waals surface area contributed by atoms with Crippen LogP contribution in [0.5, 0.6) is 0 Å². The Bertz CT molecular complexity index is 533. The van der Waals surface area contributed by atoms with Crippen molar-refractivity contribution in [1.29, 1.82) is 0 Å². The molecule has 1 aromatic carbocycles. The summed E-state index contributed by atoms with van der Waals surface area (Å²) in [7, 11) is 0. The molecule has 22 heavy (non-hydrogen) atoms. The number of amides is 2. The van der Waals surface area contributed by atoms with Gasteiger partial charge in [0.2, 0.25) is 0 Å². The highest BCUT2D eigenvalue weighted by Gasteiger charge is 2.41. The molecule has 1 fully saturated rings. The van der Waals surface area contributed by atoms with Crippen LogP contribution < -0.4 is 5.32 Å². The highest BCUT2D eigenvalue weighted by molar-refractivity contribution is 9.10. The minimum atomic E-state index is -0.316. The molecule has 1 saturated heterocycles. The number of carbonyl (C=O) groups is 2. The standard InChI is InChI=1S/C16H21BrN2O3/c1-3-18-16(21)19-9-13(11-5-7-12(17)8-6-11)14(10-19)15(20)22-4-2/h5-8,13-14H,3-4,9-10H2,1-2H3,(H,18,21)/t13-,14+/m1/s1. The molecule has 1 N–H and O–H groups in total. The summed E-state index contributed by atoms with van der Waals surface area (Å²) < 4.78 is 6.17. The van der Waals surface area contributed by atoms with Crippen LogP contribution >= 0.6 is 15.9 Å². The van der Waals surface area contributed by atoms with Gasteiger partial charge in [-0.25, -0.2) is 4.79 Å². The van der Waals surface area contributed by atoms with Gasteiger partial charge in [0, 0.05) is 30.0 Å². The molecule has 0 spiro atoms. The first-order valence-electron chi connectivity index (χ1n) is 7.51. The molecule has 1 aliphatic heterocycles. The van der Waals surface area contributed by atoms with E-state index < -0.39 is 0 Å². The van der Waals surface area contributed by atoms with Crippen molar-refractivity contribution >= 4 is 27.9 Å². The molecule has 1 aromatic rings. The molecular weight excluding hydrogens is 348 g/mol. The zero-order valence-corrected chi connectivity index (χ0v) is 14.4. The Morgan fingerprint density at radius 2 is 1.95 bits per heavy atom. The summed E-state index contributed by atoms with van der Waals surface area (Å²) in [5.41, 5.74) is 1.05. The zero-order chi connectivity index (χ0) is 16.1. The molecule has 0 radical (unpaired) electrons. The first-order chi connectivity index (χ1) is 10.6. The van der Waals surface area contributed by atoms with Crippen LogP contribution in [0.4, 0.5) is 4.79 Å². The van der Waals surface area contributed by atoms with Crippen molar-refractivity contribution in [2.45, 2.75) is 19.8 Å². The average Bonchev–Trinajstić information content (AvgIpc) is 2.94. The minimum absolute atomic E-state index is 0.0326. The number of benzene rings is 1. The molecule has 2 amide bonds. The van der Waals surface area contributed by atoms with Gasteiger partial charge in [0.25, 0.3) is 0 Å². The van der Waals surface area contributed by atoms with Crippen LogP contribution in [-0.4, -0.2) is 43.1 Å². The summed E-state index contributed by atoms with van der Waals surface area (Å²) >= 11 is 3.41. The molecule has 2 rings (SSSR count). The lowest BCUT2D eigenvalue weighted by Crippen LogP contribution is -2.38. The van der Waals surface area contributed by atoms with Crippen LogP contribution in [0.25, 0.3) is 0 Å². The number of carbonyl (C=O) groups excluding carboxylic acids is 2. The Morgan fingerprint density at radius 1 is 1.27 bits per heavy atom. The number of halogens is 1. The van der Waals surface area contributed by atoms with Crippen molar-refractivity contribution in [2.24, 2.45) is 5.92 Å². The number of hydrogen-bond acceptors (Lipinski definition) is 3. The van der Waals surface area contributed by atoms with Crippen molar-refractivity contribution in [1.82, 2.24) is 10.2 Å². The fraction of sp³-hybridized carbons (Fsp3) is 0.500. The highest BCUT2D eigenvalue weighted by atomic mass is 79.9. The highest BCUT2D eigenvalue weighted by Crippen LogP contribution is 2.34. The number of rotatable bonds is 4. The van der Waals surface area contributed by atoms with Crippen molar-refractivity contribution < 1.29 is 14.3 Å². The third kappa shape index (κ3) is 3.80. The maximum absolute atomic E-state index is 12.2. The minimum Gasteiger partial charge on any atom is -0.466 e. The van der Waals surface area contributed by atoms with Crippen molar-refractivity contribution in [3.05, 3.63) is 34.3 Å². The van der Waals surface area contributed by atoms with Gasteiger partial charge in [-0.3, -0.25) is 4.79 Å². The molecule has 0 saturated carbocycles. The maximum atomic E-state index is 12.2. The van der Waals surface area contributed by atoms with Gasteiger partial charge in [0.1, 0.15) is 0 Å². The number of nitrogens with zero attached hydrogens (tertiary/aromatic N) is 1. The van der Waals surface area contributed by atoms with E-state index >= 15 is 0 Å². The van der Waals surface area contributed by atoms with Gasteiger partial charge in [0.15, 0.2) is 0 Å². The van der Waals surface area contributed by atoms with Gasteiger partial charge in [-0.05, 0) is 31.5 Å². The molecule has 1 aliphatic rings. The largest absolute Gasteiger partial charge is 0.466 e. The third-order valence-corrected chi connectivity index (χ3v) is 4.35. The molecule has 5 nitrogen and oxygen atoms in total. The molecule has 0 aliphatic carbocycles. The van der Waals surface area contributed by atoms with E-state index in [4.69, 9.17) is 4.74 Å². The smallest absolute Gasteiger partial charge is 0.317 e. The van der Waals surface area contributed by atoms with Gasteiger partial charge < -0.3 is 15.0 Å². The van der Waals surface area contributed by atoms with Gasteiger partial charge in [0.05, 0.1) is 12.5 Å². The summed E-state index contributed by atoms with van der Waals surface area (Å²) in [6.45, 7) is 5.51. The van der Waals surface area contributed by atoms with Gasteiger partial charge in [-0.2, -0.15) is 0 Å². The molecule has 0 aromatic heterocycles. The summed E-state index contributed by atoms with van der Waals surface area (Å²) in [5, 5.41) is 2.79. The Labute approximate surface area is 139 Å². The number of urea groups is 1. The quantitative estimate of drug-likeness (QED) is 0.831. The molecule has 0 unspecified atom stereocenters. The number of nitrogens with one attached hydrogen (secondary N) is 1. The predicted molar refractivity (Wildman–Crippen MR) is 87.7 cm³/mol. The molecule has 6 heteroatoms. The van der Waals surface area contributed by atoms with E-state index in [-0.39, 0.29) is 23.8 Å². The van der Waals surface area contributed by atoms with Crippen LogP contribution in [0.15, 0.2) is 28.7 Å². The second-order valence-corrected chi connectivity index (χ2v) is 6.17. The van der Waals surface area contributed by atoms with E-state index in [0.717, 1.165) is 10.0 Å². The third-order valence-electron chi connectivity index (χ3n) is 3.82. The van der Waals surface area contributed by atoms with Crippen molar-refractivity contribution in [3.8, 4) is 0 Å². The monoisotopic (exact) mass is 368 g/mol. The molecular formula is C16H21BrN2O3. The van der Waals surface area contributed by atoms with Crippen LogP contribution in [0.3, 0.4) is 0 Å². The Balaban J connectivity index is 2.21. The summed E-state index contributed by atoms with van der Waals surface area (Å²) in [5.74, 6) is -0.583. The van der Waals surface area contributed by atoms with E-state index in [1.54, 1.807) is 11.8 Å². The average molecular weight is 369 g/mol. The van der Waals surface area contributed by atoms with Crippen LogP contribution in [0.2, 0.25) is 0 Å². The zero-order valence-electron chi connectivity index (χ0n) is 12.8.